The maximum absolute atomic E-state index is 11.6. The molecule has 0 radical (unpaired) electrons. The van der Waals surface area contributed by atoms with Crippen LogP contribution in [-0.4, -0.2) is 25.3 Å². The highest BCUT2D eigenvalue weighted by Crippen LogP contribution is 2.22. The van der Waals surface area contributed by atoms with Gasteiger partial charge >= 0.3 is 6.03 Å². The van der Waals surface area contributed by atoms with Crippen molar-refractivity contribution >= 4 is 33.3 Å². The molecule has 0 bridgehead atoms. The molecule has 2 rings (SSSR count). The van der Waals surface area contributed by atoms with Gasteiger partial charge in [-0.05, 0) is 40.2 Å². The highest BCUT2D eigenvalue weighted by atomic mass is 79.9. The summed E-state index contributed by atoms with van der Waals surface area (Å²) in [5, 5.41) is 7.82. The molecule has 1 aromatic rings. The highest BCUT2D eigenvalue weighted by Gasteiger charge is 2.15. The molecule has 2 N–H and O–H groups in total. The van der Waals surface area contributed by atoms with Crippen molar-refractivity contribution in [1.29, 1.82) is 0 Å². The molecular formula is C11H15BrN2O2S. The van der Waals surface area contributed by atoms with Crippen molar-refractivity contribution in [2.75, 3.05) is 13.2 Å². The minimum atomic E-state index is -0.0998. The number of carbonyl (C=O) groups is 1. The van der Waals surface area contributed by atoms with Gasteiger partial charge in [0.1, 0.15) is 0 Å². The monoisotopic (exact) mass is 318 g/mol. The molecule has 1 aliphatic heterocycles. The SMILES string of the molecule is O=C(NCc1sccc1Br)NC1CCOCC1. The molecule has 4 nitrogen and oxygen atoms in total. The topological polar surface area (TPSA) is 50.4 Å². The van der Waals surface area contributed by atoms with Crippen LogP contribution in [0.4, 0.5) is 4.79 Å². The Morgan fingerprint density at radius 2 is 2.29 bits per heavy atom. The van der Waals surface area contributed by atoms with Crippen LogP contribution in [0.15, 0.2) is 15.9 Å². The Labute approximate surface area is 113 Å². The average molecular weight is 319 g/mol. The molecule has 0 unspecified atom stereocenters. The molecule has 2 heterocycles. The van der Waals surface area contributed by atoms with Gasteiger partial charge in [-0.25, -0.2) is 4.79 Å². The van der Waals surface area contributed by atoms with E-state index in [1.165, 1.54) is 0 Å². The number of ether oxygens (including phenoxy) is 1. The zero-order chi connectivity index (χ0) is 12.1. The van der Waals surface area contributed by atoms with Crippen LogP contribution >= 0.6 is 27.3 Å². The van der Waals surface area contributed by atoms with Gasteiger partial charge in [0.15, 0.2) is 0 Å². The van der Waals surface area contributed by atoms with E-state index in [0.29, 0.717) is 6.54 Å². The Bertz CT molecular complexity index is 377. The van der Waals surface area contributed by atoms with Crippen molar-refractivity contribution in [3.63, 3.8) is 0 Å². The summed E-state index contributed by atoms with van der Waals surface area (Å²) in [7, 11) is 0. The lowest BCUT2D eigenvalue weighted by molar-refractivity contribution is 0.0801. The minimum absolute atomic E-state index is 0.0998. The molecule has 17 heavy (non-hydrogen) atoms. The largest absolute Gasteiger partial charge is 0.381 e. The summed E-state index contributed by atoms with van der Waals surface area (Å²) in [5.41, 5.74) is 0. The fraction of sp³-hybridized carbons (Fsp3) is 0.545. The predicted molar refractivity (Wildman–Crippen MR) is 71.2 cm³/mol. The fourth-order valence-corrected chi connectivity index (χ4v) is 3.12. The van der Waals surface area contributed by atoms with Gasteiger partial charge in [0, 0.05) is 28.6 Å². The first kappa shape index (κ1) is 12.9. The molecule has 1 aromatic heterocycles. The van der Waals surface area contributed by atoms with Crippen LogP contribution in [0.5, 0.6) is 0 Å². The van der Waals surface area contributed by atoms with Crippen molar-refractivity contribution < 1.29 is 9.53 Å². The van der Waals surface area contributed by atoms with E-state index in [1.54, 1.807) is 11.3 Å². The molecule has 94 valence electrons. The van der Waals surface area contributed by atoms with Gasteiger partial charge in [-0.3, -0.25) is 0 Å². The lowest BCUT2D eigenvalue weighted by atomic mass is 10.1. The quantitative estimate of drug-likeness (QED) is 0.899. The van der Waals surface area contributed by atoms with Gasteiger partial charge in [0.05, 0.1) is 6.54 Å². The zero-order valence-corrected chi connectivity index (χ0v) is 11.8. The number of urea groups is 1. The second-order valence-corrected chi connectivity index (χ2v) is 5.76. The van der Waals surface area contributed by atoms with E-state index in [0.717, 1.165) is 35.4 Å². The van der Waals surface area contributed by atoms with Crippen molar-refractivity contribution in [2.24, 2.45) is 0 Å². The molecule has 0 spiro atoms. The molecule has 0 aliphatic carbocycles. The average Bonchev–Trinajstić information content (AvgIpc) is 2.74. The Morgan fingerprint density at radius 3 is 2.94 bits per heavy atom. The number of thiophene rings is 1. The molecular weight excluding hydrogens is 304 g/mol. The third kappa shape index (κ3) is 3.97. The second-order valence-electron chi connectivity index (χ2n) is 3.91. The lowest BCUT2D eigenvalue weighted by Crippen LogP contribution is -2.44. The summed E-state index contributed by atoms with van der Waals surface area (Å²) >= 11 is 5.07. The van der Waals surface area contributed by atoms with Crippen molar-refractivity contribution in [3.05, 3.63) is 20.8 Å². The molecule has 1 fully saturated rings. The normalized spacial score (nSPS) is 16.8. The van der Waals surface area contributed by atoms with E-state index in [4.69, 9.17) is 4.74 Å². The highest BCUT2D eigenvalue weighted by molar-refractivity contribution is 9.10. The smallest absolute Gasteiger partial charge is 0.315 e. The number of hydrogen-bond acceptors (Lipinski definition) is 3. The molecule has 1 aliphatic rings. The van der Waals surface area contributed by atoms with Crippen LogP contribution in [0.2, 0.25) is 0 Å². The van der Waals surface area contributed by atoms with Crippen molar-refractivity contribution in [1.82, 2.24) is 10.6 Å². The fourth-order valence-electron chi connectivity index (χ4n) is 1.69. The van der Waals surface area contributed by atoms with Crippen LogP contribution in [-0.2, 0) is 11.3 Å². The van der Waals surface area contributed by atoms with Gasteiger partial charge in [0.2, 0.25) is 0 Å². The number of hydrogen-bond donors (Lipinski definition) is 2. The van der Waals surface area contributed by atoms with Gasteiger partial charge in [-0.15, -0.1) is 11.3 Å². The first-order valence-corrected chi connectivity index (χ1v) is 7.27. The summed E-state index contributed by atoms with van der Waals surface area (Å²) in [6.45, 7) is 2.04. The second kappa shape index (κ2) is 6.37. The number of carbonyl (C=O) groups excluding carboxylic acids is 1. The van der Waals surface area contributed by atoms with Crippen molar-refractivity contribution in [2.45, 2.75) is 25.4 Å². The van der Waals surface area contributed by atoms with Gasteiger partial charge < -0.3 is 15.4 Å². The molecule has 2 amide bonds. The first-order chi connectivity index (χ1) is 8.25. The Hall–Kier alpha value is -0.590. The third-order valence-electron chi connectivity index (χ3n) is 2.66. The van der Waals surface area contributed by atoms with E-state index in [9.17, 15) is 4.79 Å². The molecule has 0 saturated carbocycles. The molecule has 6 heteroatoms. The van der Waals surface area contributed by atoms with Crippen LogP contribution in [0.3, 0.4) is 0 Å². The maximum atomic E-state index is 11.6. The lowest BCUT2D eigenvalue weighted by Gasteiger charge is -2.23. The van der Waals surface area contributed by atoms with E-state index < -0.39 is 0 Å². The summed E-state index contributed by atoms with van der Waals surface area (Å²) in [6, 6.07) is 2.13. The van der Waals surface area contributed by atoms with E-state index in [-0.39, 0.29) is 12.1 Å². The van der Waals surface area contributed by atoms with E-state index >= 15 is 0 Å². The van der Waals surface area contributed by atoms with Gasteiger partial charge in [-0.2, -0.15) is 0 Å². The van der Waals surface area contributed by atoms with Gasteiger partial charge in [-0.1, -0.05) is 0 Å². The zero-order valence-electron chi connectivity index (χ0n) is 9.37. The molecule has 0 atom stereocenters. The van der Waals surface area contributed by atoms with Crippen LogP contribution in [0.25, 0.3) is 0 Å². The third-order valence-corrected chi connectivity index (χ3v) is 4.58. The standard InChI is InChI=1S/C11H15BrN2O2S/c12-9-3-6-17-10(9)7-13-11(15)14-8-1-4-16-5-2-8/h3,6,8H,1-2,4-5,7H2,(H2,13,14,15). The number of nitrogens with one attached hydrogen (secondary N) is 2. The predicted octanol–water partition coefficient (Wildman–Crippen LogP) is 2.49. The summed E-state index contributed by atoms with van der Waals surface area (Å²) in [6.07, 6.45) is 1.80. The Balaban J connectivity index is 1.72. The molecule has 1 saturated heterocycles. The number of halogens is 1. The molecule has 0 aromatic carbocycles. The van der Waals surface area contributed by atoms with Crippen LogP contribution < -0.4 is 10.6 Å². The summed E-state index contributed by atoms with van der Waals surface area (Å²) < 4.78 is 6.29. The van der Waals surface area contributed by atoms with Gasteiger partial charge in [0.25, 0.3) is 0 Å². The number of rotatable bonds is 3. The number of amides is 2. The summed E-state index contributed by atoms with van der Waals surface area (Å²) in [5.74, 6) is 0. The van der Waals surface area contributed by atoms with E-state index in [2.05, 4.69) is 26.6 Å². The van der Waals surface area contributed by atoms with E-state index in [1.807, 2.05) is 11.4 Å². The van der Waals surface area contributed by atoms with Crippen LogP contribution in [0.1, 0.15) is 17.7 Å². The Morgan fingerprint density at radius 1 is 1.53 bits per heavy atom. The first-order valence-electron chi connectivity index (χ1n) is 5.59. The van der Waals surface area contributed by atoms with Crippen LogP contribution in [0, 0.1) is 0 Å². The summed E-state index contributed by atoms with van der Waals surface area (Å²) in [4.78, 5) is 12.8. The van der Waals surface area contributed by atoms with Crippen molar-refractivity contribution in [3.8, 4) is 0 Å². The Kier molecular flexibility index (Phi) is 4.82. The maximum Gasteiger partial charge on any atom is 0.315 e. The minimum Gasteiger partial charge on any atom is -0.381 e.